The van der Waals surface area contributed by atoms with Crippen LogP contribution in [0.5, 0.6) is 5.75 Å². The first kappa shape index (κ1) is 14.4. The van der Waals surface area contributed by atoms with Crippen LogP contribution in [0.1, 0.15) is 31.7 Å². The molecule has 0 radical (unpaired) electrons. The van der Waals surface area contributed by atoms with Gasteiger partial charge in [-0.3, -0.25) is 0 Å². The van der Waals surface area contributed by atoms with E-state index in [9.17, 15) is 0 Å². The normalized spacial score (nSPS) is 22.6. The van der Waals surface area contributed by atoms with E-state index < -0.39 is 0 Å². The van der Waals surface area contributed by atoms with Crippen molar-refractivity contribution in [2.75, 3.05) is 20.2 Å². The van der Waals surface area contributed by atoms with Crippen LogP contribution in [0.15, 0.2) is 24.3 Å². The van der Waals surface area contributed by atoms with E-state index in [4.69, 9.17) is 9.47 Å². The second kappa shape index (κ2) is 7.51. The van der Waals surface area contributed by atoms with Crippen LogP contribution in [0, 0.1) is 0 Å². The molecule has 1 N–H and O–H groups in total. The third kappa shape index (κ3) is 4.51. The highest BCUT2D eigenvalue weighted by molar-refractivity contribution is 5.27. The van der Waals surface area contributed by atoms with E-state index in [2.05, 4.69) is 36.5 Å². The van der Waals surface area contributed by atoms with E-state index >= 15 is 0 Å². The molecular formula is C16H25NO2. The second-order valence-electron chi connectivity index (χ2n) is 5.22. The molecule has 0 spiro atoms. The quantitative estimate of drug-likeness (QED) is 0.820. The van der Waals surface area contributed by atoms with Gasteiger partial charge in [0.2, 0.25) is 0 Å². The van der Waals surface area contributed by atoms with Crippen molar-refractivity contribution in [2.24, 2.45) is 0 Å². The molecule has 106 valence electrons. The molecule has 1 aliphatic heterocycles. The van der Waals surface area contributed by atoms with Crippen LogP contribution in [0.2, 0.25) is 0 Å². The van der Waals surface area contributed by atoms with Crippen molar-refractivity contribution in [1.29, 1.82) is 0 Å². The number of aryl methyl sites for hydroxylation is 1. The monoisotopic (exact) mass is 263 g/mol. The minimum absolute atomic E-state index is 0.244. The molecule has 2 rings (SSSR count). The van der Waals surface area contributed by atoms with Gasteiger partial charge in [-0.25, -0.2) is 0 Å². The highest BCUT2D eigenvalue weighted by atomic mass is 16.5. The fourth-order valence-corrected chi connectivity index (χ4v) is 2.51. The third-order valence-corrected chi connectivity index (χ3v) is 3.53. The van der Waals surface area contributed by atoms with Crippen molar-refractivity contribution in [3.8, 4) is 5.75 Å². The van der Waals surface area contributed by atoms with E-state index in [1.807, 2.05) is 7.05 Å². The van der Waals surface area contributed by atoms with E-state index in [0.717, 1.165) is 31.6 Å². The molecule has 1 aliphatic rings. The van der Waals surface area contributed by atoms with Crippen LogP contribution < -0.4 is 10.1 Å². The van der Waals surface area contributed by atoms with Crippen LogP contribution in [-0.4, -0.2) is 32.4 Å². The van der Waals surface area contributed by atoms with Crippen molar-refractivity contribution in [1.82, 2.24) is 5.32 Å². The average molecular weight is 263 g/mol. The molecule has 0 aromatic heterocycles. The Balaban J connectivity index is 1.73. The molecule has 3 nitrogen and oxygen atoms in total. The molecule has 1 aromatic carbocycles. The summed E-state index contributed by atoms with van der Waals surface area (Å²) in [6.45, 7) is 3.79. The standard InChI is InChI=1S/C16H25NO2/c1-3-4-13-5-7-14(8-6-13)18-12-16-10-9-15(19-16)11-17-2/h5-8,15-17H,3-4,9-12H2,1-2H3. The predicted octanol–water partition coefficient (Wildman–Crippen LogP) is 2.78. The summed E-state index contributed by atoms with van der Waals surface area (Å²) >= 11 is 0. The largest absolute Gasteiger partial charge is 0.491 e. The van der Waals surface area contributed by atoms with Crippen LogP contribution in [0.25, 0.3) is 0 Å². The molecule has 1 heterocycles. The molecule has 0 saturated carbocycles. The van der Waals surface area contributed by atoms with E-state index in [1.54, 1.807) is 0 Å². The van der Waals surface area contributed by atoms with Crippen LogP contribution in [0.3, 0.4) is 0 Å². The minimum atomic E-state index is 0.244. The lowest BCUT2D eigenvalue weighted by molar-refractivity contribution is 0.0193. The first-order chi connectivity index (χ1) is 9.31. The van der Waals surface area contributed by atoms with Gasteiger partial charge in [0.15, 0.2) is 0 Å². The summed E-state index contributed by atoms with van der Waals surface area (Å²) < 4.78 is 11.7. The Morgan fingerprint density at radius 1 is 1.21 bits per heavy atom. The summed E-state index contributed by atoms with van der Waals surface area (Å²) in [5.74, 6) is 0.945. The first-order valence-corrected chi connectivity index (χ1v) is 7.33. The summed E-state index contributed by atoms with van der Waals surface area (Å²) in [5, 5.41) is 3.16. The van der Waals surface area contributed by atoms with Crippen LogP contribution in [0.4, 0.5) is 0 Å². The predicted molar refractivity (Wildman–Crippen MR) is 77.8 cm³/mol. The summed E-state index contributed by atoms with van der Waals surface area (Å²) in [7, 11) is 1.96. The Morgan fingerprint density at radius 2 is 1.95 bits per heavy atom. The fourth-order valence-electron chi connectivity index (χ4n) is 2.51. The van der Waals surface area contributed by atoms with E-state index in [0.29, 0.717) is 12.7 Å². The highest BCUT2D eigenvalue weighted by Gasteiger charge is 2.24. The van der Waals surface area contributed by atoms with Crippen LogP contribution >= 0.6 is 0 Å². The van der Waals surface area contributed by atoms with Gasteiger partial charge in [-0.05, 0) is 44.0 Å². The molecule has 0 bridgehead atoms. The van der Waals surface area contributed by atoms with Crippen molar-refractivity contribution in [3.63, 3.8) is 0 Å². The van der Waals surface area contributed by atoms with Gasteiger partial charge >= 0.3 is 0 Å². The Kier molecular flexibility index (Phi) is 5.67. The minimum Gasteiger partial charge on any atom is -0.491 e. The Morgan fingerprint density at radius 3 is 2.63 bits per heavy atom. The molecule has 1 fully saturated rings. The smallest absolute Gasteiger partial charge is 0.119 e. The number of hydrogen-bond acceptors (Lipinski definition) is 3. The van der Waals surface area contributed by atoms with Gasteiger partial charge in [-0.15, -0.1) is 0 Å². The number of nitrogens with one attached hydrogen (secondary N) is 1. The topological polar surface area (TPSA) is 30.5 Å². The van der Waals surface area contributed by atoms with Gasteiger partial charge in [0.25, 0.3) is 0 Å². The maximum Gasteiger partial charge on any atom is 0.119 e. The molecule has 1 saturated heterocycles. The molecule has 0 amide bonds. The zero-order valence-corrected chi connectivity index (χ0v) is 12.0. The fraction of sp³-hybridized carbons (Fsp3) is 0.625. The van der Waals surface area contributed by atoms with Gasteiger partial charge in [0.1, 0.15) is 12.4 Å². The van der Waals surface area contributed by atoms with E-state index in [1.165, 1.54) is 12.0 Å². The molecule has 19 heavy (non-hydrogen) atoms. The lowest BCUT2D eigenvalue weighted by Crippen LogP contribution is -2.25. The Bertz CT molecular complexity index is 364. The zero-order valence-electron chi connectivity index (χ0n) is 12.0. The molecule has 2 atom stereocenters. The maximum atomic E-state index is 5.90. The van der Waals surface area contributed by atoms with Crippen molar-refractivity contribution < 1.29 is 9.47 Å². The maximum absolute atomic E-state index is 5.90. The first-order valence-electron chi connectivity index (χ1n) is 7.33. The van der Waals surface area contributed by atoms with Gasteiger partial charge < -0.3 is 14.8 Å². The zero-order chi connectivity index (χ0) is 13.5. The number of ether oxygens (including phenoxy) is 2. The molecule has 0 aliphatic carbocycles. The SMILES string of the molecule is CCCc1ccc(OCC2CCC(CNC)O2)cc1. The molecule has 3 heteroatoms. The second-order valence-corrected chi connectivity index (χ2v) is 5.22. The van der Waals surface area contributed by atoms with Crippen molar-refractivity contribution >= 4 is 0 Å². The Labute approximate surface area is 116 Å². The Hall–Kier alpha value is -1.06. The van der Waals surface area contributed by atoms with Gasteiger partial charge in [-0.1, -0.05) is 25.5 Å². The van der Waals surface area contributed by atoms with Crippen molar-refractivity contribution in [3.05, 3.63) is 29.8 Å². The lowest BCUT2D eigenvalue weighted by atomic mass is 10.1. The molecule has 2 unspecified atom stereocenters. The van der Waals surface area contributed by atoms with Gasteiger partial charge in [0, 0.05) is 6.54 Å². The molecule has 1 aromatic rings. The summed E-state index contributed by atoms with van der Waals surface area (Å²) in [6, 6.07) is 8.42. The lowest BCUT2D eigenvalue weighted by Gasteiger charge is -2.14. The average Bonchev–Trinajstić information content (AvgIpc) is 2.87. The van der Waals surface area contributed by atoms with E-state index in [-0.39, 0.29) is 6.10 Å². The van der Waals surface area contributed by atoms with Crippen molar-refractivity contribution in [2.45, 2.75) is 44.8 Å². The number of rotatable bonds is 7. The summed E-state index contributed by atoms with van der Waals surface area (Å²) in [5.41, 5.74) is 1.38. The highest BCUT2D eigenvalue weighted by Crippen LogP contribution is 2.21. The number of likely N-dealkylation sites (N-methyl/N-ethyl adjacent to an activating group) is 1. The van der Waals surface area contributed by atoms with Gasteiger partial charge in [0.05, 0.1) is 12.2 Å². The number of benzene rings is 1. The van der Waals surface area contributed by atoms with Crippen LogP contribution in [-0.2, 0) is 11.2 Å². The summed E-state index contributed by atoms with van der Waals surface area (Å²) in [6.07, 6.45) is 5.14. The molecular weight excluding hydrogens is 238 g/mol. The number of hydrogen-bond donors (Lipinski definition) is 1. The third-order valence-electron chi connectivity index (χ3n) is 3.53. The van der Waals surface area contributed by atoms with Gasteiger partial charge in [-0.2, -0.15) is 0 Å². The summed E-state index contributed by atoms with van der Waals surface area (Å²) in [4.78, 5) is 0.